The normalized spacial score (nSPS) is 15.3. The first-order valence-corrected chi connectivity index (χ1v) is 10.3. The summed E-state index contributed by atoms with van der Waals surface area (Å²) >= 11 is 0. The molecule has 3 rings (SSSR count). The predicted molar refractivity (Wildman–Crippen MR) is 117 cm³/mol. The number of hydrogen-bond acceptors (Lipinski definition) is 3. The first kappa shape index (κ1) is 21.6. The fourth-order valence-corrected chi connectivity index (χ4v) is 3.74. The van der Waals surface area contributed by atoms with Crippen molar-refractivity contribution >= 4 is 29.2 Å². The minimum absolute atomic E-state index is 0.134. The molecule has 0 fully saturated rings. The Balaban J connectivity index is 1.89. The number of carbonyl (C=O) groups excluding carboxylic acids is 2. The van der Waals surface area contributed by atoms with Gasteiger partial charge in [0.15, 0.2) is 0 Å². The zero-order chi connectivity index (χ0) is 21.9. The van der Waals surface area contributed by atoms with E-state index in [2.05, 4.69) is 26.1 Å². The molecule has 0 aliphatic carbocycles. The Morgan fingerprint density at radius 2 is 1.77 bits per heavy atom. The van der Waals surface area contributed by atoms with Crippen LogP contribution in [0.2, 0.25) is 0 Å². The summed E-state index contributed by atoms with van der Waals surface area (Å²) in [7, 11) is 0. The van der Waals surface area contributed by atoms with Gasteiger partial charge in [-0.15, -0.1) is 0 Å². The van der Waals surface area contributed by atoms with Gasteiger partial charge in [-0.3, -0.25) is 9.59 Å². The third-order valence-corrected chi connectivity index (χ3v) is 5.67. The second kappa shape index (κ2) is 8.69. The Hall–Kier alpha value is -3.15. The molecule has 0 saturated carbocycles. The van der Waals surface area contributed by atoms with Crippen LogP contribution in [0.15, 0.2) is 42.5 Å². The van der Waals surface area contributed by atoms with E-state index in [0.29, 0.717) is 24.2 Å². The number of hydrogen-bond donors (Lipinski definition) is 2. The number of carboxylic acids is 1. The van der Waals surface area contributed by atoms with Crippen molar-refractivity contribution in [1.29, 1.82) is 0 Å². The number of unbranched alkanes of at least 4 members (excludes halogenated alkanes) is 1. The molecule has 158 valence electrons. The van der Waals surface area contributed by atoms with Crippen molar-refractivity contribution in [2.75, 3.05) is 16.8 Å². The molecule has 2 aromatic carbocycles. The summed E-state index contributed by atoms with van der Waals surface area (Å²) < 4.78 is 0. The monoisotopic (exact) mass is 408 g/mol. The van der Waals surface area contributed by atoms with Crippen molar-refractivity contribution in [2.45, 2.75) is 51.9 Å². The lowest BCUT2D eigenvalue weighted by Gasteiger charge is -2.28. The molecule has 0 radical (unpaired) electrons. The fourth-order valence-electron chi connectivity index (χ4n) is 3.74. The van der Waals surface area contributed by atoms with Crippen molar-refractivity contribution in [2.24, 2.45) is 0 Å². The summed E-state index contributed by atoms with van der Waals surface area (Å²) in [6, 6.07) is 11.5. The van der Waals surface area contributed by atoms with E-state index in [9.17, 15) is 14.4 Å². The van der Waals surface area contributed by atoms with Gasteiger partial charge >= 0.3 is 5.97 Å². The number of carbonyl (C=O) groups is 3. The first-order chi connectivity index (χ1) is 14.2. The molecule has 1 aliphatic heterocycles. The summed E-state index contributed by atoms with van der Waals surface area (Å²) in [6.07, 6.45) is 3.20. The van der Waals surface area contributed by atoms with Crippen molar-refractivity contribution in [3.63, 3.8) is 0 Å². The van der Waals surface area contributed by atoms with Crippen LogP contribution in [0.4, 0.5) is 11.4 Å². The van der Waals surface area contributed by atoms with Crippen LogP contribution in [0.25, 0.3) is 0 Å². The molecule has 0 bridgehead atoms. The molecular formula is C24H28N2O4. The first-order valence-electron chi connectivity index (χ1n) is 10.3. The average Bonchev–Trinajstić information content (AvgIpc) is 2.81. The number of nitrogens with one attached hydrogen (secondary N) is 1. The molecule has 1 aliphatic rings. The predicted octanol–water partition coefficient (Wildman–Crippen LogP) is 4.84. The minimum atomic E-state index is -1.03. The number of fused-ring (bicyclic) bond motifs is 1. The molecule has 0 aromatic heterocycles. The zero-order valence-electron chi connectivity index (χ0n) is 17.7. The molecule has 0 atom stereocenters. The smallest absolute Gasteiger partial charge is 0.335 e. The van der Waals surface area contributed by atoms with E-state index < -0.39 is 5.97 Å². The van der Waals surface area contributed by atoms with Crippen LogP contribution < -0.4 is 10.2 Å². The van der Waals surface area contributed by atoms with Crippen LogP contribution in [0.5, 0.6) is 0 Å². The maximum absolute atomic E-state index is 12.7. The maximum Gasteiger partial charge on any atom is 0.335 e. The number of nitrogens with zero attached hydrogens (tertiary/aromatic N) is 1. The highest BCUT2D eigenvalue weighted by atomic mass is 16.4. The van der Waals surface area contributed by atoms with Crippen LogP contribution in [-0.2, 0) is 10.2 Å². The minimum Gasteiger partial charge on any atom is -0.478 e. The summed E-state index contributed by atoms with van der Waals surface area (Å²) in [5, 5.41) is 11.9. The SMILES string of the molecule is CCCCN1C(=O)CCC(C)(C)c2cc(NC(=O)c3ccc(C(=O)O)cc3)ccc21. The standard InChI is InChI=1S/C24H28N2O4/c1-4-5-14-26-20-11-10-18(15-19(20)24(2,3)13-12-21(26)27)25-22(28)16-6-8-17(9-7-16)23(29)30/h6-11,15H,4-5,12-14H2,1-3H3,(H,25,28)(H,29,30). The third-order valence-electron chi connectivity index (χ3n) is 5.67. The zero-order valence-corrected chi connectivity index (χ0v) is 17.7. The molecule has 2 N–H and O–H groups in total. The fraction of sp³-hybridized carbons (Fsp3) is 0.375. The van der Waals surface area contributed by atoms with Crippen LogP contribution in [-0.4, -0.2) is 29.4 Å². The van der Waals surface area contributed by atoms with Gasteiger partial charge in [0.25, 0.3) is 5.91 Å². The number of carboxylic acid groups (broad SMARTS) is 1. The molecule has 1 heterocycles. The number of rotatable bonds is 6. The second-order valence-electron chi connectivity index (χ2n) is 8.35. The number of anilines is 2. The second-order valence-corrected chi connectivity index (χ2v) is 8.35. The largest absolute Gasteiger partial charge is 0.478 e. The highest BCUT2D eigenvalue weighted by molar-refractivity contribution is 6.05. The molecule has 6 nitrogen and oxygen atoms in total. The Kier molecular flexibility index (Phi) is 6.25. The summed E-state index contributed by atoms with van der Waals surface area (Å²) in [6.45, 7) is 7.05. The van der Waals surface area contributed by atoms with Crippen molar-refractivity contribution in [3.05, 3.63) is 59.2 Å². The summed E-state index contributed by atoms with van der Waals surface area (Å²) in [5.74, 6) is -1.19. The lowest BCUT2D eigenvalue weighted by Crippen LogP contribution is -2.31. The Bertz CT molecular complexity index is 964. The highest BCUT2D eigenvalue weighted by Crippen LogP contribution is 2.40. The molecule has 6 heteroatoms. The van der Waals surface area contributed by atoms with Gasteiger partial charge in [-0.25, -0.2) is 4.79 Å². The van der Waals surface area contributed by atoms with Crippen LogP contribution in [0.3, 0.4) is 0 Å². The molecular weight excluding hydrogens is 380 g/mol. The topological polar surface area (TPSA) is 86.7 Å². The molecule has 0 saturated heterocycles. The Labute approximate surface area is 176 Å². The number of amides is 2. The number of benzene rings is 2. The Morgan fingerprint density at radius 3 is 2.40 bits per heavy atom. The molecule has 0 spiro atoms. The summed E-state index contributed by atoms with van der Waals surface area (Å²) in [4.78, 5) is 38.2. The van der Waals surface area contributed by atoms with E-state index in [4.69, 9.17) is 5.11 Å². The molecule has 2 amide bonds. The van der Waals surface area contributed by atoms with E-state index >= 15 is 0 Å². The van der Waals surface area contributed by atoms with E-state index in [1.54, 1.807) is 0 Å². The van der Waals surface area contributed by atoms with Crippen LogP contribution in [0, 0.1) is 0 Å². The molecule has 30 heavy (non-hydrogen) atoms. The van der Waals surface area contributed by atoms with Gasteiger partial charge in [0, 0.05) is 29.9 Å². The molecule has 0 unspecified atom stereocenters. The molecule has 2 aromatic rings. The van der Waals surface area contributed by atoms with E-state index in [0.717, 1.165) is 30.5 Å². The van der Waals surface area contributed by atoms with E-state index in [-0.39, 0.29) is 22.8 Å². The van der Waals surface area contributed by atoms with Crippen LogP contribution >= 0.6 is 0 Å². The lowest BCUT2D eigenvalue weighted by molar-refractivity contribution is -0.118. The van der Waals surface area contributed by atoms with Crippen molar-refractivity contribution in [1.82, 2.24) is 0 Å². The van der Waals surface area contributed by atoms with Gasteiger partial charge in [-0.05, 0) is 66.3 Å². The van der Waals surface area contributed by atoms with Gasteiger partial charge in [0.05, 0.1) is 5.56 Å². The van der Waals surface area contributed by atoms with Crippen molar-refractivity contribution < 1.29 is 19.5 Å². The maximum atomic E-state index is 12.7. The van der Waals surface area contributed by atoms with Gasteiger partial charge < -0.3 is 15.3 Å². The summed E-state index contributed by atoms with van der Waals surface area (Å²) in [5.41, 5.74) is 2.93. The van der Waals surface area contributed by atoms with Gasteiger partial charge in [-0.1, -0.05) is 27.2 Å². The van der Waals surface area contributed by atoms with Gasteiger partial charge in [0.1, 0.15) is 0 Å². The highest BCUT2D eigenvalue weighted by Gasteiger charge is 2.33. The van der Waals surface area contributed by atoms with Gasteiger partial charge in [0.2, 0.25) is 5.91 Å². The number of aromatic carboxylic acids is 1. The lowest BCUT2D eigenvalue weighted by atomic mass is 9.80. The Morgan fingerprint density at radius 1 is 1.10 bits per heavy atom. The average molecular weight is 408 g/mol. The van der Waals surface area contributed by atoms with E-state index in [1.165, 1.54) is 24.3 Å². The van der Waals surface area contributed by atoms with E-state index in [1.807, 2.05) is 23.1 Å². The van der Waals surface area contributed by atoms with Gasteiger partial charge in [-0.2, -0.15) is 0 Å². The quantitative estimate of drug-likeness (QED) is 0.716. The van der Waals surface area contributed by atoms with Crippen molar-refractivity contribution in [3.8, 4) is 0 Å². The third kappa shape index (κ3) is 4.53. The van der Waals surface area contributed by atoms with Crippen LogP contribution in [0.1, 0.15) is 72.7 Å².